The van der Waals surface area contributed by atoms with Gasteiger partial charge in [0.25, 0.3) is 0 Å². The van der Waals surface area contributed by atoms with E-state index in [0.717, 1.165) is 4.90 Å². The molecule has 5 heteroatoms. The number of ketones is 1. The van der Waals surface area contributed by atoms with E-state index in [1.807, 2.05) is 24.3 Å². The molecule has 0 aromatic heterocycles. The van der Waals surface area contributed by atoms with E-state index in [-0.39, 0.29) is 17.1 Å². The van der Waals surface area contributed by atoms with Gasteiger partial charge in [0.2, 0.25) is 0 Å². The van der Waals surface area contributed by atoms with Crippen LogP contribution < -0.4 is 9.47 Å². The van der Waals surface area contributed by atoms with E-state index in [1.54, 1.807) is 7.11 Å². The zero-order valence-electron chi connectivity index (χ0n) is 11.8. The van der Waals surface area contributed by atoms with Gasteiger partial charge in [-0.1, -0.05) is 12.1 Å². The molecule has 2 aromatic rings. The van der Waals surface area contributed by atoms with Gasteiger partial charge in [-0.15, -0.1) is 11.8 Å². The number of benzene rings is 2. The Morgan fingerprint density at radius 3 is 2.52 bits per heavy atom. The minimum absolute atomic E-state index is 0.181. The van der Waals surface area contributed by atoms with Crippen molar-refractivity contribution >= 4 is 17.5 Å². The largest absolute Gasteiger partial charge is 0.496 e. The lowest BCUT2D eigenvalue weighted by Crippen LogP contribution is -2.05. The number of hydrogen-bond donors (Lipinski definition) is 0. The first-order valence-electron chi connectivity index (χ1n) is 6.28. The van der Waals surface area contributed by atoms with Crippen LogP contribution in [0.5, 0.6) is 11.5 Å². The number of carbonyl (C=O) groups excluding carboxylic acids is 1. The quantitative estimate of drug-likeness (QED) is 0.600. The molecule has 0 radical (unpaired) electrons. The molecule has 3 nitrogen and oxygen atoms in total. The van der Waals surface area contributed by atoms with Gasteiger partial charge in [-0.05, 0) is 30.3 Å². The molecular weight excluding hydrogens is 291 g/mol. The van der Waals surface area contributed by atoms with E-state index >= 15 is 0 Å². The Bertz CT molecular complexity index is 643. The maximum Gasteiger partial charge on any atom is 0.176 e. The summed E-state index contributed by atoms with van der Waals surface area (Å²) in [5.41, 5.74) is 0.250. The maximum absolute atomic E-state index is 13.3. The van der Waals surface area contributed by atoms with Crippen LogP contribution in [-0.4, -0.2) is 25.8 Å². The molecular formula is C16H15FO3S. The van der Waals surface area contributed by atoms with Crippen molar-refractivity contribution in [2.75, 3.05) is 20.0 Å². The van der Waals surface area contributed by atoms with Crippen molar-refractivity contribution in [2.45, 2.75) is 4.90 Å². The summed E-state index contributed by atoms with van der Waals surface area (Å²) in [5, 5.41) is 0. The molecule has 0 atom stereocenters. The van der Waals surface area contributed by atoms with Crippen molar-refractivity contribution < 1.29 is 18.7 Å². The van der Waals surface area contributed by atoms with Crippen LogP contribution in [0.2, 0.25) is 0 Å². The molecule has 2 aromatic carbocycles. The Morgan fingerprint density at radius 2 is 1.81 bits per heavy atom. The second-order valence-corrected chi connectivity index (χ2v) is 5.22. The van der Waals surface area contributed by atoms with E-state index in [9.17, 15) is 9.18 Å². The number of halogens is 1. The van der Waals surface area contributed by atoms with Gasteiger partial charge in [0.05, 0.1) is 25.5 Å². The molecule has 0 saturated carbocycles. The van der Waals surface area contributed by atoms with E-state index in [1.165, 1.54) is 37.1 Å². The zero-order chi connectivity index (χ0) is 15.2. The molecule has 0 aliphatic carbocycles. The highest BCUT2D eigenvalue weighted by molar-refractivity contribution is 8.00. The van der Waals surface area contributed by atoms with Crippen molar-refractivity contribution in [1.29, 1.82) is 0 Å². The number of Topliss-reactive ketones (excluding diaryl/α,β-unsaturated/α-hetero) is 1. The smallest absolute Gasteiger partial charge is 0.176 e. The second kappa shape index (κ2) is 7.13. The number of thioether (sulfide) groups is 1. The number of methoxy groups -OCH3 is 2. The lowest BCUT2D eigenvalue weighted by Gasteiger charge is -2.09. The van der Waals surface area contributed by atoms with Crippen LogP contribution in [0.15, 0.2) is 47.4 Å². The van der Waals surface area contributed by atoms with E-state index in [0.29, 0.717) is 11.5 Å². The standard InChI is InChI=1S/C16H15FO3S/c1-19-14-8-7-11(17)9-12(14)13(18)10-21-16-6-4-3-5-15(16)20-2/h3-9H,10H2,1-2H3. The third-order valence-electron chi connectivity index (χ3n) is 2.89. The highest BCUT2D eigenvalue weighted by atomic mass is 32.2. The Kier molecular flexibility index (Phi) is 5.22. The minimum Gasteiger partial charge on any atom is -0.496 e. The Morgan fingerprint density at radius 1 is 1.10 bits per heavy atom. The van der Waals surface area contributed by atoms with Crippen molar-refractivity contribution in [3.05, 3.63) is 53.8 Å². The summed E-state index contributed by atoms with van der Waals surface area (Å²) < 4.78 is 23.6. The predicted octanol–water partition coefficient (Wildman–Crippen LogP) is 3.82. The van der Waals surface area contributed by atoms with Crippen molar-refractivity contribution in [3.8, 4) is 11.5 Å². The molecule has 110 valence electrons. The van der Waals surface area contributed by atoms with Gasteiger partial charge in [0, 0.05) is 4.90 Å². The van der Waals surface area contributed by atoms with Gasteiger partial charge in [-0.2, -0.15) is 0 Å². The first kappa shape index (κ1) is 15.4. The van der Waals surface area contributed by atoms with Gasteiger partial charge >= 0.3 is 0 Å². The molecule has 0 spiro atoms. The fourth-order valence-electron chi connectivity index (χ4n) is 1.86. The zero-order valence-corrected chi connectivity index (χ0v) is 12.6. The maximum atomic E-state index is 13.3. The molecule has 0 amide bonds. The average Bonchev–Trinajstić information content (AvgIpc) is 2.52. The van der Waals surface area contributed by atoms with Gasteiger partial charge in [0.1, 0.15) is 17.3 Å². The third-order valence-corrected chi connectivity index (χ3v) is 3.94. The first-order chi connectivity index (χ1) is 10.2. The molecule has 0 fully saturated rings. The summed E-state index contributed by atoms with van der Waals surface area (Å²) in [7, 11) is 3.04. The van der Waals surface area contributed by atoms with Crippen LogP contribution in [0, 0.1) is 5.82 Å². The fourth-order valence-corrected chi connectivity index (χ4v) is 2.77. The van der Waals surface area contributed by atoms with E-state index < -0.39 is 5.82 Å². The summed E-state index contributed by atoms with van der Waals surface area (Å²) in [5.74, 6) is 0.618. The average molecular weight is 306 g/mol. The summed E-state index contributed by atoms with van der Waals surface area (Å²) in [6.07, 6.45) is 0. The highest BCUT2D eigenvalue weighted by Gasteiger charge is 2.14. The SMILES string of the molecule is COc1ccccc1SCC(=O)c1cc(F)ccc1OC. The van der Waals surface area contributed by atoms with Crippen LogP contribution in [0.4, 0.5) is 4.39 Å². The number of carbonyl (C=O) groups is 1. The molecule has 0 aliphatic heterocycles. The van der Waals surface area contributed by atoms with E-state index in [4.69, 9.17) is 9.47 Å². The van der Waals surface area contributed by atoms with Crippen LogP contribution in [0.25, 0.3) is 0 Å². The number of hydrogen-bond acceptors (Lipinski definition) is 4. The van der Waals surface area contributed by atoms with E-state index in [2.05, 4.69) is 0 Å². The number of rotatable bonds is 6. The van der Waals surface area contributed by atoms with Gasteiger partial charge in [-0.3, -0.25) is 4.79 Å². The minimum atomic E-state index is -0.457. The Hall–Kier alpha value is -2.01. The molecule has 0 N–H and O–H groups in total. The van der Waals surface area contributed by atoms with Crippen molar-refractivity contribution in [3.63, 3.8) is 0 Å². The molecule has 0 aliphatic rings. The van der Waals surface area contributed by atoms with Gasteiger partial charge < -0.3 is 9.47 Å². The second-order valence-electron chi connectivity index (χ2n) is 4.21. The lowest BCUT2D eigenvalue weighted by atomic mass is 10.1. The van der Waals surface area contributed by atoms with Crippen molar-refractivity contribution in [1.82, 2.24) is 0 Å². The van der Waals surface area contributed by atoms with Crippen molar-refractivity contribution in [2.24, 2.45) is 0 Å². The summed E-state index contributed by atoms with van der Waals surface area (Å²) in [6.45, 7) is 0. The summed E-state index contributed by atoms with van der Waals surface area (Å²) >= 11 is 1.35. The van der Waals surface area contributed by atoms with Crippen LogP contribution in [0.3, 0.4) is 0 Å². The normalized spacial score (nSPS) is 10.2. The molecule has 0 heterocycles. The fraction of sp³-hybridized carbons (Fsp3) is 0.188. The topological polar surface area (TPSA) is 35.5 Å². The van der Waals surface area contributed by atoms with Crippen LogP contribution in [0.1, 0.15) is 10.4 Å². The Balaban J connectivity index is 2.13. The van der Waals surface area contributed by atoms with Crippen LogP contribution in [-0.2, 0) is 0 Å². The monoisotopic (exact) mass is 306 g/mol. The molecule has 0 unspecified atom stereocenters. The van der Waals surface area contributed by atoms with Crippen LogP contribution >= 0.6 is 11.8 Å². The van der Waals surface area contributed by atoms with Gasteiger partial charge in [-0.25, -0.2) is 4.39 Å². The molecule has 2 rings (SSSR count). The predicted molar refractivity (Wildman–Crippen MR) is 81.0 cm³/mol. The Labute approximate surface area is 127 Å². The summed E-state index contributed by atoms with van der Waals surface area (Å²) in [4.78, 5) is 13.1. The lowest BCUT2D eigenvalue weighted by molar-refractivity contribution is 0.101. The summed E-state index contributed by atoms with van der Waals surface area (Å²) in [6, 6.07) is 11.4. The molecule has 21 heavy (non-hydrogen) atoms. The molecule has 0 bridgehead atoms. The molecule has 0 saturated heterocycles. The van der Waals surface area contributed by atoms with Gasteiger partial charge in [0.15, 0.2) is 5.78 Å². The first-order valence-corrected chi connectivity index (χ1v) is 7.27. The number of ether oxygens (including phenoxy) is 2. The third kappa shape index (κ3) is 3.76. The number of para-hydroxylation sites is 1. The highest BCUT2D eigenvalue weighted by Crippen LogP contribution is 2.30.